The summed E-state index contributed by atoms with van der Waals surface area (Å²) < 4.78 is 31.4. The van der Waals surface area contributed by atoms with Crippen LogP contribution in [0.2, 0.25) is 0 Å². The van der Waals surface area contributed by atoms with Gasteiger partial charge in [-0.1, -0.05) is 30.3 Å². The molecule has 2 aromatic rings. The van der Waals surface area contributed by atoms with E-state index in [1.54, 1.807) is 24.3 Å². The Hall–Kier alpha value is -2.54. The number of anilines is 2. The largest absolute Gasteiger partial charge is 0.478 e. The third-order valence-electron chi connectivity index (χ3n) is 4.42. The Morgan fingerprint density at radius 2 is 1.77 bits per heavy atom. The lowest BCUT2D eigenvalue weighted by Crippen LogP contribution is -2.36. The van der Waals surface area contributed by atoms with Crippen molar-refractivity contribution in [1.29, 1.82) is 0 Å². The number of aryl methyl sites for hydroxylation is 2. The van der Waals surface area contributed by atoms with Crippen molar-refractivity contribution >= 4 is 27.3 Å². The number of carbonyl (C=O) groups excluding carboxylic acids is 1. The molecule has 26 heavy (non-hydrogen) atoms. The first-order valence-electron chi connectivity index (χ1n) is 8.38. The Labute approximate surface area is 153 Å². The second-order valence-corrected chi connectivity index (χ2v) is 8.36. The van der Waals surface area contributed by atoms with Crippen LogP contribution in [0.4, 0.5) is 11.4 Å². The van der Waals surface area contributed by atoms with Crippen LogP contribution in [-0.4, -0.2) is 33.2 Å². The number of nitrogens with one attached hydrogen (secondary N) is 1. The van der Waals surface area contributed by atoms with Gasteiger partial charge in [0.1, 0.15) is 5.75 Å². The molecule has 0 bridgehead atoms. The van der Waals surface area contributed by atoms with Gasteiger partial charge in [-0.15, -0.1) is 0 Å². The highest BCUT2D eigenvalue weighted by Gasteiger charge is 2.31. The lowest BCUT2D eigenvalue weighted by Gasteiger charge is -2.20. The molecule has 0 spiro atoms. The van der Waals surface area contributed by atoms with Gasteiger partial charge < -0.3 is 10.1 Å². The van der Waals surface area contributed by atoms with E-state index < -0.39 is 16.1 Å². The number of amides is 1. The second-order valence-electron chi connectivity index (χ2n) is 6.45. The Balaban J connectivity index is 1.88. The van der Waals surface area contributed by atoms with E-state index in [4.69, 9.17) is 4.74 Å². The molecule has 138 valence electrons. The van der Waals surface area contributed by atoms with Crippen molar-refractivity contribution < 1.29 is 17.9 Å². The summed E-state index contributed by atoms with van der Waals surface area (Å²) in [6, 6.07) is 12.7. The molecule has 7 heteroatoms. The summed E-state index contributed by atoms with van der Waals surface area (Å²) in [4.78, 5) is 12.8. The van der Waals surface area contributed by atoms with Crippen molar-refractivity contribution in [3.8, 4) is 5.75 Å². The predicted octanol–water partition coefficient (Wildman–Crippen LogP) is 2.86. The lowest BCUT2D eigenvalue weighted by molar-refractivity contribution is -0.122. The number of hydrogen-bond donors (Lipinski definition) is 1. The van der Waals surface area contributed by atoms with E-state index in [0.717, 1.165) is 23.1 Å². The number of carbonyl (C=O) groups is 1. The number of ether oxygens (including phenoxy) is 1. The van der Waals surface area contributed by atoms with Gasteiger partial charge in [-0.05, 0) is 37.1 Å². The van der Waals surface area contributed by atoms with Crippen LogP contribution in [0.25, 0.3) is 0 Å². The van der Waals surface area contributed by atoms with E-state index in [0.29, 0.717) is 11.4 Å². The molecule has 1 atom stereocenters. The quantitative estimate of drug-likeness (QED) is 0.896. The maximum Gasteiger partial charge on any atom is 0.265 e. The Morgan fingerprint density at radius 1 is 1.12 bits per heavy atom. The Bertz CT molecular complexity index is 920. The van der Waals surface area contributed by atoms with E-state index in [2.05, 4.69) is 5.32 Å². The predicted molar refractivity (Wildman–Crippen MR) is 102 cm³/mol. The van der Waals surface area contributed by atoms with Crippen LogP contribution in [-0.2, 0) is 14.8 Å². The zero-order valence-corrected chi connectivity index (χ0v) is 15.8. The summed E-state index contributed by atoms with van der Waals surface area (Å²) in [7, 11) is -3.46. The number of sulfonamides is 1. The summed E-state index contributed by atoms with van der Waals surface area (Å²) >= 11 is 0. The van der Waals surface area contributed by atoms with Crippen molar-refractivity contribution in [3.05, 3.63) is 53.6 Å². The molecule has 2 aromatic carbocycles. The van der Waals surface area contributed by atoms with E-state index >= 15 is 0 Å². The van der Waals surface area contributed by atoms with Crippen LogP contribution in [0.5, 0.6) is 5.75 Å². The third-order valence-corrected chi connectivity index (χ3v) is 5.60. The highest BCUT2D eigenvalue weighted by Crippen LogP contribution is 2.34. The van der Waals surface area contributed by atoms with E-state index in [1.165, 1.54) is 4.31 Å². The molecule has 1 aliphatic heterocycles. The number of hydrogen-bond acceptors (Lipinski definition) is 4. The fraction of sp³-hybridized carbons (Fsp3) is 0.316. The molecule has 1 heterocycles. The summed E-state index contributed by atoms with van der Waals surface area (Å²) in [6.45, 7) is 4.04. The molecule has 6 nitrogen and oxygen atoms in total. The summed E-state index contributed by atoms with van der Waals surface area (Å²) in [5, 5.41) is 2.93. The van der Waals surface area contributed by atoms with Gasteiger partial charge in [0.05, 0.1) is 11.9 Å². The minimum atomic E-state index is -3.46. The van der Waals surface area contributed by atoms with Crippen LogP contribution >= 0.6 is 0 Å². The van der Waals surface area contributed by atoms with Crippen LogP contribution in [0.1, 0.15) is 17.5 Å². The molecule has 0 radical (unpaired) electrons. The highest BCUT2D eigenvalue weighted by molar-refractivity contribution is 7.92. The summed E-state index contributed by atoms with van der Waals surface area (Å²) in [6.07, 6.45) is 0.640. The molecular weight excluding hydrogens is 352 g/mol. The second kappa shape index (κ2) is 6.99. The monoisotopic (exact) mass is 374 g/mol. The first-order valence-corrected chi connectivity index (χ1v) is 10.2. The smallest absolute Gasteiger partial charge is 0.265 e. The molecule has 1 N–H and O–H groups in total. The fourth-order valence-electron chi connectivity index (χ4n) is 3.07. The van der Waals surface area contributed by atoms with Gasteiger partial charge in [0.2, 0.25) is 10.0 Å². The highest BCUT2D eigenvalue weighted by atomic mass is 32.2. The molecule has 0 saturated heterocycles. The number of fused-ring (bicyclic) bond motifs is 1. The van der Waals surface area contributed by atoms with Crippen molar-refractivity contribution in [2.45, 2.75) is 26.4 Å². The lowest BCUT2D eigenvalue weighted by atomic mass is 10.1. The van der Waals surface area contributed by atoms with Crippen molar-refractivity contribution in [2.75, 3.05) is 22.4 Å². The van der Waals surface area contributed by atoms with Gasteiger partial charge >= 0.3 is 0 Å². The van der Waals surface area contributed by atoms with Gasteiger partial charge in [0, 0.05) is 18.7 Å². The van der Waals surface area contributed by atoms with Crippen molar-refractivity contribution in [1.82, 2.24) is 0 Å². The van der Waals surface area contributed by atoms with Gasteiger partial charge in [-0.25, -0.2) is 8.42 Å². The van der Waals surface area contributed by atoms with Gasteiger partial charge in [0.15, 0.2) is 6.10 Å². The van der Waals surface area contributed by atoms with Crippen molar-refractivity contribution in [3.63, 3.8) is 0 Å². The van der Waals surface area contributed by atoms with Crippen LogP contribution < -0.4 is 14.4 Å². The molecule has 0 fully saturated rings. The van der Waals surface area contributed by atoms with Crippen LogP contribution in [0, 0.1) is 13.8 Å². The van der Waals surface area contributed by atoms with E-state index in [1.807, 2.05) is 32.0 Å². The first-order chi connectivity index (χ1) is 12.3. The SMILES string of the molecule is Cc1cccc(C)c1NC(=O)[C@@H]1CCN(S(C)(=O)=O)c2ccccc2O1. The molecule has 3 rings (SSSR count). The van der Waals surface area contributed by atoms with Crippen molar-refractivity contribution in [2.24, 2.45) is 0 Å². The zero-order chi connectivity index (χ0) is 18.9. The topological polar surface area (TPSA) is 75.7 Å². The average molecular weight is 374 g/mol. The van der Waals surface area contributed by atoms with Crippen LogP contribution in [0.3, 0.4) is 0 Å². The average Bonchev–Trinajstić information content (AvgIpc) is 2.77. The summed E-state index contributed by atoms with van der Waals surface area (Å²) in [5.41, 5.74) is 3.14. The fourth-order valence-corrected chi connectivity index (χ4v) is 4.02. The minimum absolute atomic E-state index is 0.181. The third kappa shape index (κ3) is 3.67. The normalized spacial score (nSPS) is 17.0. The minimum Gasteiger partial charge on any atom is -0.478 e. The molecule has 0 aliphatic carbocycles. The number of benzene rings is 2. The maximum absolute atomic E-state index is 12.8. The molecule has 0 aromatic heterocycles. The first kappa shape index (κ1) is 18.3. The van der Waals surface area contributed by atoms with Gasteiger partial charge in [0.25, 0.3) is 5.91 Å². The number of para-hydroxylation sites is 3. The zero-order valence-electron chi connectivity index (χ0n) is 15.0. The number of nitrogens with zero attached hydrogens (tertiary/aromatic N) is 1. The molecule has 0 saturated carbocycles. The standard InChI is InChI=1S/C19H22N2O4S/c1-13-7-6-8-14(2)18(13)20-19(22)17-11-12-21(26(3,23)24)15-9-4-5-10-16(15)25-17/h4-10,17H,11-12H2,1-3H3,(H,20,22)/t17-/m0/s1. The van der Waals surface area contributed by atoms with E-state index in [9.17, 15) is 13.2 Å². The van der Waals surface area contributed by atoms with E-state index in [-0.39, 0.29) is 18.9 Å². The number of rotatable bonds is 3. The molecule has 1 amide bonds. The van der Waals surface area contributed by atoms with Crippen LogP contribution in [0.15, 0.2) is 42.5 Å². The molecular formula is C19H22N2O4S. The van der Waals surface area contributed by atoms with Gasteiger partial charge in [-0.3, -0.25) is 9.10 Å². The Morgan fingerprint density at radius 3 is 2.42 bits per heavy atom. The summed E-state index contributed by atoms with van der Waals surface area (Å²) in [5.74, 6) is 0.102. The van der Waals surface area contributed by atoms with Gasteiger partial charge in [-0.2, -0.15) is 0 Å². The maximum atomic E-state index is 12.8. The molecule has 0 unspecified atom stereocenters. The molecule has 1 aliphatic rings. The Kier molecular flexibility index (Phi) is 4.91.